The molecule has 0 spiro atoms. The van der Waals surface area contributed by atoms with Crippen molar-refractivity contribution < 1.29 is 26.4 Å². The van der Waals surface area contributed by atoms with E-state index in [1.807, 2.05) is 0 Å². The van der Waals surface area contributed by atoms with Crippen LogP contribution in [0.1, 0.15) is 21.4 Å². The summed E-state index contributed by atoms with van der Waals surface area (Å²) < 4.78 is 67.3. The summed E-state index contributed by atoms with van der Waals surface area (Å²) in [4.78, 5) is 16.8. The predicted molar refractivity (Wildman–Crippen MR) is 99.5 cm³/mol. The Hall–Kier alpha value is -2.96. The molecule has 0 bridgehead atoms. The number of amides is 1. The van der Waals surface area contributed by atoms with E-state index in [9.17, 15) is 26.4 Å². The Bertz CT molecular complexity index is 1190. The number of anilines is 2. The van der Waals surface area contributed by atoms with Crippen molar-refractivity contribution in [2.24, 2.45) is 0 Å². The average Bonchev–Trinajstić information content (AvgIpc) is 3.20. The first kappa shape index (κ1) is 19.4. The number of nitrogens with one attached hydrogen (secondary N) is 3. The van der Waals surface area contributed by atoms with E-state index in [-0.39, 0.29) is 21.8 Å². The number of rotatable bonds is 3. The number of fused-ring (bicyclic) bond motifs is 1. The summed E-state index contributed by atoms with van der Waals surface area (Å²) in [5.41, 5.74) is 1.46. The van der Waals surface area contributed by atoms with E-state index in [0.29, 0.717) is 17.0 Å². The Morgan fingerprint density at radius 2 is 1.86 bits per heavy atom. The Labute approximate surface area is 166 Å². The van der Waals surface area contributed by atoms with Crippen LogP contribution in [0.2, 0.25) is 0 Å². The topological polar surface area (TPSA) is 100 Å². The fourth-order valence-electron chi connectivity index (χ4n) is 2.74. The average molecular weight is 440 g/mol. The van der Waals surface area contributed by atoms with E-state index in [1.165, 1.54) is 29.7 Å². The van der Waals surface area contributed by atoms with Crippen molar-refractivity contribution in [2.75, 3.05) is 10.6 Å². The summed E-state index contributed by atoms with van der Waals surface area (Å²) in [6.45, 7) is 0. The van der Waals surface area contributed by atoms with Crippen molar-refractivity contribution in [3.63, 3.8) is 0 Å². The van der Waals surface area contributed by atoms with Crippen molar-refractivity contribution in [3.05, 3.63) is 69.9 Å². The fraction of sp³-hybridized carbons (Fsp3) is 0.0588. The number of carbonyl (C=O) groups excluding carboxylic acids is 1. The highest BCUT2D eigenvalue weighted by atomic mass is 32.2. The molecule has 1 aromatic heterocycles. The Balaban J connectivity index is 1.62. The van der Waals surface area contributed by atoms with Crippen LogP contribution >= 0.6 is 11.3 Å². The smallest absolute Gasteiger partial charge is 0.255 e. The van der Waals surface area contributed by atoms with Gasteiger partial charge in [0.15, 0.2) is 17.5 Å². The fourth-order valence-corrected chi connectivity index (χ4v) is 4.75. The SMILES string of the molecule is O=C(Nc1cc(F)c(F)c(F)c1)c1ccc2c(c1)S(=O)(=O)NC(c1cncs1)N2. The molecule has 0 fully saturated rings. The molecule has 1 aliphatic heterocycles. The van der Waals surface area contributed by atoms with Gasteiger partial charge in [0, 0.05) is 29.6 Å². The van der Waals surface area contributed by atoms with Crippen molar-refractivity contribution in [1.29, 1.82) is 0 Å². The van der Waals surface area contributed by atoms with Gasteiger partial charge in [0.2, 0.25) is 10.0 Å². The van der Waals surface area contributed by atoms with Crippen LogP contribution in [0, 0.1) is 17.5 Å². The largest absolute Gasteiger partial charge is 0.363 e. The maximum atomic E-state index is 13.3. The minimum absolute atomic E-state index is 0.0719. The van der Waals surface area contributed by atoms with E-state index in [0.717, 1.165) is 6.07 Å². The van der Waals surface area contributed by atoms with E-state index >= 15 is 0 Å². The number of aromatic nitrogens is 1. The highest BCUT2D eigenvalue weighted by molar-refractivity contribution is 7.89. The number of thiazole rings is 1. The lowest BCUT2D eigenvalue weighted by atomic mass is 10.1. The molecule has 3 N–H and O–H groups in total. The van der Waals surface area contributed by atoms with Gasteiger partial charge in [0.1, 0.15) is 11.1 Å². The van der Waals surface area contributed by atoms with Crippen molar-refractivity contribution in [1.82, 2.24) is 9.71 Å². The molecule has 3 aromatic rings. The number of carbonyl (C=O) groups is 1. The normalized spacial score (nSPS) is 17.3. The minimum Gasteiger partial charge on any atom is -0.363 e. The van der Waals surface area contributed by atoms with Crippen molar-refractivity contribution in [2.45, 2.75) is 11.1 Å². The monoisotopic (exact) mass is 440 g/mol. The van der Waals surface area contributed by atoms with Gasteiger partial charge in [0.25, 0.3) is 5.91 Å². The molecule has 1 aliphatic rings. The molecular weight excluding hydrogens is 429 g/mol. The lowest BCUT2D eigenvalue weighted by Gasteiger charge is -2.27. The standard InChI is InChI=1S/C17H11F3N4O3S2/c18-10-4-9(5-11(19)15(10)20)22-17(25)8-1-2-12-14(3-8)29(26,27)24-16(23-12)13-6-21-7-28-13/h1-7,16,23-24H,(H,22,25). The number of nitrogens with zero attached hydrogens (tertiary/aromatic N) is 1. The van der Waals surface area contributed by atoms with Gasteiger partial charge in [0.05, 0.1) is 16.1 Å². The van der Waals surface area contributed by atoms with Gasteiger partial charge < -0.3 is 10.6 Å². The maximum absolute atomic E-state index is 13.3. The van der Waals surface area contributed by atoms with E-state index in [1.54, 1.807) is 5.51 Å². The summed E-state index contributed by atoms with van der Waals surface area (Å²) >= 11 is 1.26. The van der Waals surface area contributed by atoms with Crippen LogP contribution in [0.15, 0.2) is 46.9 Å². The van der Waals surface area contributed by atoms with Gasteiger partial charge in [-0.05, 0) is 18.2 Å². The number of hydrogen-bond donors (Lipinski definition) is 3. The van der Waals surface area contributed by atoms with E-state index < -0.39 is 39.5 Å². The van der Waals surface area contributed by atoms with Crippen LogP contribution in [0.25, 0.3) is 0 Å². The van der Waals surface area contributed by atoms with Crippen molar-refractivity contribution >= 4 is 38.6 Å². The van der Waals surface area contributed by atoms with Crippen LogP contribution in [-0.2, 0) is 10.0 Å². The summed E-state index contributed by atoms with van der Waals surface area (Å²) in [6, 6.07) is 5.12. The minimum atomic E-state index is -3.95. The molecule has 0 radical (unpaired) electrons. The highest BCUT2D eigenvalue weighted by Gasteiger charge is 2.31. The van der Waals surface area contributed by atoms with Crippen LogP contribution in [-0.4, -0.2) is 19.3 Å². The van der Waals surface area contributed by atoms with Crippen LogP contribution in [0.3, 0.4) is 0 Å². The molecule has 29 heavy (non-hydrogen) atoms. The third-order valence-electron chi connectivity index (χ3n) is 4.08. The first-order valence-corrected chi connectivity index (χ1v) is 10.4. The first-order valence-electron chi connectivity index (χ1n) is 8.02. The van der Waals surface area contributed by atoms with Crippen LogP contribution in [0.4, 0.5) is 24.5 Å². The van der Waals surface area contributed by atoms with E-state index in [4.69, 9.17) is 0 Å². The summed E-state index contributed by atoms with van der Waals surface area (Å²) in [7, 11) is -3.95. The second kappa shape index (κ2) is 7.13. The predicted octanol–water partition coefficient (Wildman–Crippen LogP) is 3.22. The molecule has 7 nitrogen and oxygen atoms in total. The van der Waals surface area contributed by atoms with Crippen molar-refractivity contribution in [3.8, 4) is 0 Å². The summed E-state index contributed by atoms with van der Waals surface area (Å²) in [5.74, 6) is -5.40. The lowest BCUT2D eigenvalue weighted by molar-refractivity contribution is 0.102. The molecule has 2 aromatic carbocycles. The van der Waals surface area contributed by atoms with Gasteiger partial charge in [-0.3, -0.25) is 9.78 Å². The zero-order valence-corrected chi connectivity index (χ0v) is 15.9. The lowest BCUT2D eigenvalue weighted by Crippen LogP contribution is -2.38. The Kier molecular flexibility index (Phi) is 4.76. The zero-order chi connectivity index (χ0) is 20.8. The molecule has 1 amide bonds. The summed E-state index contributed by atoms with van der Waals surface area (Å²) in [5, 5.41) is 5.20. The molecule has 12 heteroatoms. The van der Waals surface area contributed by atoms with Gasteiger partial charge in [-0.25, -0.2) is 21.6 Å². The second-order valence-corrected chi connectivity index (χ2v) is 8.62. The third-order valence-corrected chi connectivity index (χ3v) is 6.39. The van der Waals surface area contributed by atoms with Crippen LogP contribution in [0.5, 0.6) is 0 Å². The number of sulfonamides is 1. The number of benzene rings is 2. The highest BCUT2D eigenvalue weighted by Crippen LogP contribution is 2.33. The van der Waals surface area contributed by atoms with Gasteiger partial charge in [-0.2, -0.15) is 4.72 Å². The Morgan fingerprint density at radius 1 is 1.14 bits per heavy atom. The quantitative estimate of drug-likeness (QED) is 0.543. The molecular formula is C17H11F3N4O3S2. The molecule has 0 saturated heterocycles. The molecule has 150 valence electrons. The van der Waals surface area contributed by atoms with Gasteiger partial charge in [-0.1, -0.05) is 0 Å². The molecule has 0 saturated carbocycles. The molecule has 1 unspecified atom stereocenters. The number of halogens is 3. The second-order valence-electron chi connectivity index (χ2n) is 6.02. The van der Waals surface area contributed by atoms with Gasteiger partial charge in [-0.15, -0.1) is 11.3 Å². The molecule has 1 atom stereocenters. The third kappa shape index (κ3) is 3.69. The first-order chi connectivity index (χ1) is 13.7. The number of hydrogen-bond acceptors (Lipinski definition) is 6. The maximum Gasteiger partial charge on any atom is 0.255 e. The molecule has 2 heterocycles. The molecule has 0 aliphatic carbocycles. The summed E-state index contributed by atoms with van der Waals surface area (Å²) in [6.07, 6.45) is 0.823. The molecule has 4 rings (SSSR count). The van der Waals surface area contributed by atoms with E-state index in [2.05, 4.69) is 20.3 Å². The van der Waals surface area contributed by atoms with Crippen LogP contribution < -0.4 is 15.4 Å². The Morgan fingerprint density at radius 3 is 2.52 bits per heavy atom. The van der Waals surface area contributed by atoms with Gasteiger partial charge >= 0.3 is 0 Å². The zero-order valence-electron chi connectivity index (χ0n) is 14.2.